The summed E-state index contributed by atoms with van der Waals surface area (Å²) in [5, 5.41) is 9.22. The predicted molar refractivity (Wildman–Crippen MR) is 78.8 cm³/mol. The number of nitrogens with zero attached hydrogens (tertiary/aromatic N) is 1. The molecule has 3 atom stereocenters. The van der Waals surface area contributed by atoms with Crippen molar-refractivity contribution in [2.45, 2.75) is 25.7 Å². The van der Waals surface area contributed by atoms with Gasteiger partial charge in [0.05, 0.1) is 11.8 Å². The van der Waals surface area contributed by atoms with Crippen LogP contribution in [-0.4, -0.2) is 35.0 Å². The molecular weight excluding hydrogens is 266 g/mol. The summed E-state index contributed by atoms with van der Waals surface area (Å²) in [4.78, 5) is 25.9. The minimum atomic E-state index is -0.791. The second-order valence-corrected chi connectivity index (χ2v) is 6.39. The van der Waals surface area contributed by atoms with Gasteiger partial charge >= 0.3 is 5.97 Å². The Morgan fingerprint density at radius 1 is 1.19 bits per heavy atom. The molecule has 1 aliphatic heterocycles. The fourth-order valence-electron chi connectivity index (χ4n) is 3.37. The number of carboxylic acid groups (broad SMARTS) is 1. The number of carbonyl (C=O) groups excluding carboxylic acids is 1. The molecular formula is C17H21NO3. The molecule has 21 heavy (non-hydrogen) atoms. The van der Waals surface area contributed by atoms with E-state index < -0.39 is 11.9 Å². The Labute approximate surface area is 124 Å². The summed E-state index contributed by atoms with van der Waals surface area (Å²) in [6, 6.07) is 9.90. The highest BCUT2D eigenvalue weighted by Crippen LogP contribution is 2.44. The molecule has 4 nitrogen and oxygen atoms in total. The van der Waals surface area contributed by atoms with Gasteiger partial charge in [0.15, 0.2) is 0 Å². The maximum atomic E-state index is 12.9. The van der Waals surface area contributed by atoms with Crippen molar-refractivity contribution in [2.24, 2.45) is 17.8 Å². The minimum absolute atomic E-state index is 0.0297. The third kappa shape index (κ3) is 2.80. The van der Waals surface area contributed by atoms with Gasteiger partial charge in [0.1, 0.15) is 0 Å². The Balaban J connectivity index is 1.78. The fraction of sp³-hybridized carbons (Fsp3) is 0.529. The Hall–Kier alpha value is -1.84. The van der Waals surface area contributed by atoms with Crippen LogP contribution in [0.4, 0.5) is 0 Å². The van der Waals surface area contributed by atoms with E-state index in [-0.39, 0.29) is 17.7 Å². The van der Waals surface area contributed by atoms with Gasteiger partial charge in [0, 0.05) is 13.1 Å². The highest BCUT2D eigenvalue weighted by molar-refractivity contribution is 5.85. The average Bonchev–Trinajstić information content (AvgIpc) is 3.21. The SMILES string of the molecule is C[C@@H]1CN(C(=O)C(c2ccccc2)C2CC2)C[C@H]1C(=O)O. The van der Waals surface area contributed by atoms with E-state index in [2.05, 4.69) is 0 Å². The lowest BCUT2D eigenvalue weighted by molar-refractivity contribution is -0.142. The molecule has 0 spiro atoms. The average molecular weight is 287 g/mol. The third-order valence-electron chi connectivity index (χ3n) is 4.76. The minimum Gasteiger partial charge on any atom is -0.481 e. The number of hydrogen-bond donors (Lipinski definition) is 1. The highest BCUT2D eigenvalue weighted by Gasteiger charge is 2.43. The Morgan fingerprint density at radius 3 is 2.38 bits per heavy atom. The van der Waals surface area contributed by atoms with Crippen molar-refractivity contribution in [3.05, 3.63) is 35.9 Å². The standard InChI is InChI=1S/C17H21NO3/c1-11-9-18(10-14(11)17(20)21)16(19)15(13-7-8-13)12-5-3-2-4-6-12/h2-6,11,13-15H,7-10H2,1H3,(H,20,21)/t11-,14-,15?/m1/s1. The van der Waals surface area contributed by atoms with Crippen molar-refractivity contribution < 1.29 is 14.7 Å². The van der Waals surface area contributed by atoms with Gasteiger partial charge in [-0.3, -0.25) is 9.59 Å². The van der Waals surface area contributed by atoms with Crippen LogP contribution in [0.2, 0.25) is 0 Å². The van der Waals surface area contributed by atoms with E-state index >= 15 is 0 Å². The lowest BCUT2D eigenvalue weighted by atomic mass is 9.93. The van der Waals surface area contributed by atoms with Gasteiger partial charge in [0.2, 0.25) is 5.91 Å². The third-order valence-corrected chi connectivity index (χ3v) is 4.76. The Kier molecular flexibility index (Phi) is 3.70. The van der Waals surface area contributed by atoms with E-state index in [9.17, 15) is 14.7 Å². The van der Waals surface area contributed by atoms with E-state index in [1.807, 2.05) is 37.3 Å². The molecule has 1 saturated carbocycles. The van der Waals surface area contributed by atoms with Crippen molar-refractivity contribution >= 4 is 11.9 Å². The molecule has 1 heterocycles. The molecule has 4 heteroatoms. The number of benzene rings is 1. The van der Waals surface area contributed by atoms with Gasteiger partial charge in [-0.25, -0.2) is 0 Å². The van der Waals surface area contributed by atoms with Crippen LogP contribution in [0.5, 0.6) is 0 Å². The van der Waals surface area contributed by atoms with E-state index in [0.717, 1.165) is 18.4 Å². The Morgan fingerprint density at radius 2 is 1.86 bits per heavy atom. The zero-order valence-electron chi connectivity index (χ0n) is 12.2. The molecule has 1 amide bonds. The van der Waals surface area contributed by atoms with Gasteiger partial charge in [0.25, 0.3) is 0 Å². The molecule has 1 aliphatic carbocycles. The number of aliphatic carboxylic acids is 1. The van der Waals surface area contributed by atoms with Crippen molar-refractivity contribution in [2.75, 3.05) is 13.1 Å². The molecule has 1 saturated heterocycles. The van der Waals surface area contributed by atoms with Gasteiger partial charge in [-0.05, 0) is 30.2 Å². The van der Waals surface area contributed by atoms with Crippen molar-refractivity contribution in [1.29, 1.82) is 0 Å². The largest absolute Gasteiger partial charge is 0.481 e. The summed E-state index contributed by atoms with van der Waals surface area (Å²) in [5.74, 6) is -0.739. The summed E-state index contributed by atoms with van der Waals surface area (Å²) in [6.07, 6.45) is 2.19. The van der Waals surface area contributed by atoms with Gasteiger partial charge in [-0.1, -0.05) is 37.3 Å². The molecule has 1 unspecified atom stereocenters. The topological polar surface area (TPSA) is 57.6 Å². The summed E-state index contributed by atoms with van der Waals surface area (Å²) in [6.45, 7) is 2.83. The number of likely N-dealkylation sites (tertiary alicyclic amines) is 1. The van der Waals surface area contributed by atoms with Crippen LogP contribution in [0.1, 0.15) is 31.2 Å². The van der Waals surface area contributed by atoms with Crippen LogP contribution in [0, 0.1) is 17.8 Å². The molecule has 1 N–H and O–H groups in total. The van der Waals surface area contributed by atoms with Crippen molar-refractivity contribution in [1.82, 2.24) is 4.90 Å². The highest BCUT2D eigenvalue weighted by atomic mass is 16.4. The lowest BCUT2D eigenvalue weighted by Crippen LogP contribution is -2.35. The molecule has 0 bridgehead atoms. The summed E-state index contributed by atoms with van der Waals surface area (Å²) < 4.78 is 0. The monoisotopic (exact) mass is 287 g/mol. The Bertz CT molecular complexity index is 538. The number of amides is 1. The second kappa shape index (κ2) is 5.51. The molecule has 1 aromatic rings. The summed E-state index contributed by atoms with van der Waals surface area (Å²) >= 11 is 0. The molecule has 2 aliphatic rings. The molecule has 0 radical (unpaired) electrons. The first kappa shape index (κ1) is 14.1. The van der Waals surface area contributed by atoms with Crippen LogP contribution in [0.25, 0.3) is 0 Å². The van der Waals surface area contributed by atoms with Crippen LogP contribution < -0.4 is 0 Å². The van der Waals surface area contributed by atoms with E-state index in [4.69, 9.17) is 0 Å². The number of carboxylic acids is 1. The first-order valence-corrected chi connectivity index (χ1v) is 7.64. The van der Waals surface area contributed by atoms with Gasteiger partial charge in [-0.2, -0.15) is 0 Å². The predicted octanol–water partition coefficient (Wildman–Crippen LogP) is 2.36. The molecule has 1 aromatic carbocycles. The second-order valence-electron chi connectivity index (χ2n) is 6.39. The zero-order valence-corrected chi connectivity index (χ0v) is 12.2. The van der Waals surface area contributed by atoms with Crippen LogP contribution in [0.3, 0.4) is 0 Å². The van der Waals surface area contributed by atoms with Crippen LogP contribution in [-0.2, 0) is 9.59 Å². The normalized spacial score (nSPS) is 26.6. The zero-order chi connectivity index (χ0) is 15.0. The smallest absolute Gasteiger partial charge is 0.308 e. The van der Waals surface area contributed by atoms with E-state index in [0.29, 0.717) is 19.0 Å². The van der Waals surface area contributed by atoms with E-state index in [1.54, 1.807) is 4.90 Å². The summed E-state index contributed by atoms with van der Waals surface area (Å²) in [5.41, 5.74) is 1.07. The van der Waals surface area contributed by atoms with Crippen molar-refractivity contribution in [3.63, 3.8) is 0 Å². The molecule has 0 aromatic heterocycles. The first-order chi connectivity index (χ1) is 10.1. The number of rotatable bonds is 4. The quantitative estimate of drug-likeness (QED) is 0.925. The van der Waals surface area contributed by atoms with E-state index in [1.165, 1.54) is 0 Å². The number of carbonyl (C=O) groups is 2. The van der Waals surface area contributed by atoms with Gasteiger partial charge < -0.3 is 10.0 Å². The lowest BCUT2D eigenvalue weighted by Gasteiger charge is -2.23. The van der Waals surface area contributed by atoms with Gasteiger partial charge in [-0.15, -0.1) is 0 Å². The maximum absolute atomic E-state index is 12.9. The summed E-state index contributed by atoms with van der Waals surface area (Å²) in [7, 11) is 0. The van der Waals surface area contributed by atoms with Crippen molar-refractivity contribution in [3.8, 4) is 0 Å². The molecule has 2 fully saturated rings. The number of hydrogen-bond acceptors (Lipinski definition) is 2. The first-order valence-electron chi connectivity index (χ1n) is 7.64. The van der Waals surface area contributed by atoms with Crippen LogP contribution >= 0.6 is 0 Å². The fourth-order valence-corrected chi connectivity index (χ4v) is 3.37. The maximum Gasteiger partial charge on any atom is 0.308 e. The van der Waals surface area contributed by atoms with Crippen LogP contribution in [0.15, 0.2) is 30.3 Å². The molecule has 112 valence electrons. The molecule has 3 rings (SSSR count).